The van der Waals surface area contributed by atoms with Crippen molar-refractivity contribution in [3.8, 4) is 17.1 Å². The van der Waals surface area contributed by atoms with Crippen molar-refractivity contribution in [1.29, 1.82) is 0 Å². The van der Waals surface area contributed by atoms with Gasteiger partial charge in [-0.3, -0.25) is 9.48 Å². The Morgan fingerprint density at radius 3 is 2.79 bits per heavy atom. The molecule has 0 aliphatic carbocycles. The fourth-order valence-corrected chi connectivity index (χ4v) is 2.90. The van der Waals surface area contributed by atoms with Gasteiger partial charge in [-0.2, -0.15) is 5.10 Å². The second-order valence-corrected chi connectivity index (χ2v) is 6.18. The van der Waals surface area contributed by atoms with Gasteiger partial charge in [0.2, 0.25) is 0 Å². The predicted molar refractivity (Wildman–Crippen MR) is 103 cm³/mol. The lowest BCUT2D eigenvalue weighted by molar-refractivity contribution is 0.0692. The van der Waals surface area contributed by atoms with Crippen LogP contribution in [0.4, 0.5) is 5.69 Å². The molecular weight excluding hydrogens is 376 g/mol. The van der Waals surface area contributed by atoms with Gasteiger partial charge < -0.3 is 15.2 Å². The molecule has 0 aliphatic rings. The van der Waals surface area contributed by atoms with E-state index in [1.807, 2.05) is 24.3 Å². The van der Waals surface area contributed by atoms with Crippen molar-refractivity contribution < 1.29 is 19.4 Å². The molecule has 4 rings (SSSR count). The van der Waals surface area contributed by atoms with E-state index < -0.39 is 11.9 Å². The summed E-state index contributed by atoms with van der Waals surface area (Å²) in [7, 11) is 3.09. The third-order valence-corrected chi connectivity index (χ3v) is 4.31. The summed E-state index contributed by atoms with van der Waals surface area (Å²) >= 11 is 0. The first-order valence-electron chi connectivity index (χ1n) is 8.54. The first-order valence-corrected chi connectivity index (χ1v) is 8.54. The maximum absolute atomic E-state index is 12.6. The number of nitrogens with zero attached hydrogens (tertiary/aromatic N) is 5. The molecular formula is C19H16N6O4. The van der Waals surface area contributed by atoms with E-state index in [0.29, 0.717) is 22.9 Å². The number of hydrogen-bond donors (Lipinski definition) is 2. The minimum Gasteiger partial charge on any atom is -0.497 e. The van der Waals surface area contributed by atoms with Crippen molar-refractivity contribution in [2.75, 3.05) is 12.4 Å². The number of rotatable bonds is 5. The van der Waals surface area contributed by atoms with Gasteiger partial charge in [0.05, 0.1) is 13.3 Å². The van der Waals surface area contributed by atoms with Gasteiger partial charge >= 0.3 is 5.97 Å². The number of carboxylic acid groups (broad SMARTS) is 1. The van der Waals surface area contributed by atoms with E-state index in [-0.39, 0.29) is 11.3 Å². The molecule has 29 heavy (non-hydrogen) atoms. The molecule has 0 atom stereocenters. The molecule has 10 nitrogen and oxygen atoms in total. The number of carboxylic acids is 1. The van der Waals surface area contributed by atoms with Crippen molar-refractivity contribution in [2.45, 2.75) is 0 Å². The highest BCUT2D eigenvalue weighted by molar-refractivity contribution is 6.09. The van der Waals surface area contributed by atoms with Gasteiger partial charge in [0.1, 0.15) is 17.0 Å². The van der Waals surface area contributed by atoms with Crippen LogP contribution in [0.3, 0.4) is 0 Å². The smallest absolute Gasteiger partial charge is 0.339 e. The summed E-state index contributed by atoms with van der Waals surface area (Å²) in [6.45, 7) is 0. The fraction of sp³-hybridized carbons (Fsp3) is 0.105. The Morgan fingerprint density at radius 2 is 2.03 bits per heavy atom. The van der Waals surface area contributed by atoms with E-state index in [1.165, 1.54) is 11.7 Å². The zero-order valence-corrected chi connectivity index (χ0v) is 15.5. The number of aromatic carboxylic acids is 1. The number of nitrogens with one attached hydrogen (secondary N) is 1. The van der Waals surface area contributed by atoms with Crippen LogP contribution in [-0.2, 0) is 7.05 Å². The topological polar surface area (TPSA) is 124 Å². The van der Waals surface area contributed by atoms with Crippen molar-refractivity contribution in [3.63, 3.8) is 0 Å². The third-order valence-electron chi connectivity index (χ3n) is 4.31. The maximum atomic E-state index is 12.6. The number of anilines is 1. The highest BCUT2D eigenvalue weighted by Crippen LogP contribution is 2.22. The van der Waals surface area contributed by atoms with Crippen LogP contribution in [-0.4, -0.2) is 48.5 Å². The van der Waals surface area contributed by atoms with Gasteiger partial charge in [-0.15, -0.1) is 5.10 Å². The van der Waals surface area contributed by atoms with Crippen LogP contribution >= 0.6 is 0 Å². The van der Waals surface area contributed by atoms with E-state index >= 15 is 0 Å². The lowest BCUT2D eigenvalue weighted by atomic mass is 10.2. The Labute approximate surface area is 164 Å². The summed E-state index contributed by atoms with van der Waals surface area (Å²) in [5.74, 6) is -0.606. The maximum Gasteiger partial charge on any atom is 0.339 e. The van der Waals surface area contributed by atoms with Crippen LogP contribution in [0.1, 0.15) is 20.8 Å². The number of methoxy groups -OCH3 is 1. The zero-order valence-electron chi connectivity index (χ0n) is 15.5. The largest absolute Gasteiger partial charge is 0.497 e. The van der Waals surface area contributed by atoms with Crippen molar-refractivity contribution in [1.82, 2.24) is 24.4 Å². The zero-order chi connectivity index (χ0) is 20.5. The van der Waals surface area contributed by atoms with Gasteiger partial charge in [-0.25, -0.2) is 14.3 Å². The second kappa shape index (κ2) is 7.08. The van der Waals surface area contributed by atoms with E-state index in [0.717, 1.165) is 11.8 Å². The number of carbonyl (C=O) groups excluding carboxylic acids is 1. The van der Waals surface area contributed by atoms with E-state index in [2.05, 4.69) is 20.5 Å². The Morgan fingerprint density at radius 1 is 1.21 bits per heavy atom. The predicted octanol–water partition coefficient (Wildman–Crippen LogP) is 2.09. The Bertz CT molecular complexity index is 1240. The highest BCUT2D eigenvalue weighted by atomic mass is 16.5. The van der Waals surface area contributed by atoms with Crippen LogP contribution in [0.25, 0.3) is 17.0 Å². The summed E-state index contributed by atoms with van der Waals surface area (Å²) in [4.78, 5) is 28.3. The molecule has 146 valence electrons. The molecule has 0 bridgehead atoms. The second-order valence-electron chi connectivity index (χ2n) is 6.18. The van der Waals surface area contributed by atoms with Crippen molar-refractivity contribution >= 4 is 23.2 Å². The number of aryl methyl sites for hydroxylation is 1. The molecule has 1 amide bonds. The number of aromatic nitrogens is 5. The number of carbonyl (C=O) groups is 2. The fourth-order valence-electron chi connectivity index (χ4n) is 2.90. The minimum absolute atomic E-state index is 0.0455. The summed E-state index contributed by atoms with van der Waals surface area (Å²) in [5.41, 5.74) is 1.54. The van der Waals surface area contributed by atoms with Crippen molar-refractivity contribution in [3.05, 3.63) is 60.0 Å². The molecule has 3 aromatic heterocycles. The lowest BCUT2D eigenvalue weighted by Crippen LogP contribution is -2.19. The van der Waals surface area contributed by atoms with Crippen LogP contribution in [0.2, 0.25) is 0 Å². The Kier molecular flexibility index (Phi) is 4.43. The molecule has 0 saturated carbocycles. The number of pyridine rings is 1. The molecule has 0 aliphatic heterocycles. The summed E-state index contributed by atoms with van der Waals surface area (Å²) in [6.07, 6.45) is 2.79. The first-order chi connectivity index (χ1) is 14.0. The van der Waals surface area contributed by atoms with Crippen molar-refractivity contribution in [2.24, 2.45) is 7.05 Å². The highest BCUT2D eigenvalue weighted by Gasteiger charge is 2.22. The van der Waals surface area contributed by atoms with Gasteiger partial charge in [0.15, 0.2) is 11.5 Å². The SMILES string of the molecule is COc1cccc(-c2nc3cc(NC(=O)c4c(C(=O)O)cnn4C)ccn3n2)c1. The minimum atomic E-state index is -1.22. The summed E-state index contributed by atoms with van der Waals surface area (Å²) in [5, 5.41) is 20.2. The Balaban J connectivity index is 1.64. The summed E-state index contributed by atoms with van der Waals surface area (Å²) in [6, 6.07) is 10.7. The van der Waals surface area contributed by atoms with E-state index in [9.17, 15) is 14.7 Å². The lowest BCUT2D eigenvalue weighted by Gasteiger charge is -2.06. The average Bonchev–Trinajstić information content (AvgIpc) is 3.31. The molecule has 0 radical (unpaired) electrons. The molecule has 0 spiro atoms. The summed E-state index contributed by atoms with van der Waals surface area (Å²) < 4.78 is 8.02. The normalized spacial score (nSPS) is 10.8. The molecule has 0 saturated heterocycles. The molecule has 0 unspecified atom stereocenters. The molecule has 2 N–H and O–H groups in total. The van der Waals surface area contributed by atoms with Gasteiger partial charge in [-0.05, 0) is 18.2 Å². The van der Waals surface area contributed by atoms with Gasteiger partial charge in [-0.1, -0.05) is 12.1 Å². The van der Waals surface area contributed by atoms with Crippen LogP contribution < -0.4 is 10.1 Å². The first kappa shape index (κ1) is 18.2. The number of amides is 1. The molecule has 1 aromatic carbocycles. The quantitative estimate of drug-likeness (QED) is 0.533. The number of hydrogen-bond acceptors (Lipinski definition) is 6. The number of benzene rings is 1. The van der Waals surface area contributed by atoms with Gasteiger partial charge in [0.25, 0.3) is 5.91 Å². The monoisotopic (exact) mass is 392 g/mol. The molecule has 0 fully saturated rings. The molecule has 4 aromatic rings. The number of ether oxygens (including phenoxy) is 1. The third kappa shape index (κ3) is 3.38. The van der Waals surface area contributed by atoms with Crippen LogP contribution in [0.5, 0.6) is 5.75 Å². The number of fused-ring (bicyclic) bond motifs is 1. The standard InChI is InChI=1S/C19H16N6O4/c1-24-16(14(10-20-24)19(27)28)18(26)21-12-6-7-25-15(9-12)22-17(23-25)11-4-3-5-13(8-11)29-2/h3-10H,1-2H3,(H,21,26)(H,27,28). The van der Waals surface area contributed by atoms with E-state index in [4.69, 9.17) is 4.74 Å². The van der Waals surface area contributed by atoms with Crippen LogP contribution in [0.15, 0.2) is 48.8 Å². The average molecular weight is 392 g/mol. The van der Waals surface area contributed by atoms with Gasteiger partial charge in [0, 0.05) is 30.6 Å². The molecule has 3 heterocycles. The molecule has 10 heteroatoms. The Hall–Kier alpha value is -4.21. The van der Waals surface area contributed by atoms with Crippen LogP contribution in [0, 0.1) is 0 Å². The van der Waals surface area contributed by atoms with E-state index in [1.54, 1.807) is 30.0 Å².